The van der Waals surface area contributed by atoms with Crippen molar-refractivity contribution in [1.29, 1.82) is 5.26 Å². The molecule has 2 saturated carbocycles. The van der Waals surface area contributed by atoms with E-state index < -0.39 is 12.7 Å². The molecule has 4 aliphatic rings. The third kappa shape index (κ3) is 11.2. The predicted octanol–water partition coefficient (Wildman–Crippen LogP) is 9.48. The van der Waals surface area contributed by atoms with Crippen LogP contribution in [0.25, 0.3) is 0 Å². The van der Waals surface area contributed by atoms with Crippen molar-refractivity contribution in [2.24, 2.45) is 35.5 Å². The van der Waals surface area contributed by atoms with Crippen LogP contribution in [-0.4, -0.2) is 83.5 Å². The van der Waals surface area contributed by atoms with Crippen molar-refractivity contribution < 1.29 is 49.8 Å². The summed E-state index contributed by atoms with van der Waals surface area (Å²) in [5, 5.41) is 22.4. The SMILES string of the molecule is CC(C)n1nc(CC2[C@@H]3CC[C@H]2CN(C#N)C3)nc1Oc1cccc(OC(F)(F)F)c1.Cc1noc(N2C[C@H]3CC[C@@H](C2)C3Cc2nc(Oc3cccc(OC(F)(F)F)c3)n(C(C)C)n2)n1. The zero-order valence-corrected chi connectivity index (χ0v) is 37.0. The molecule has 2 unspecified atom stereocenters. The van der Waals surface area contributed by atoms with Crippen LogP contribution >= 0.6 is 0 Å². The first-order valence-corrected chi connectivity index (χ1v) is 22.0. The number of hydrogen-bond donors (Lipinski definition) is 0. The van der Waals surface area contributed by atoms with Gasteiger partial charge in [-0.25, -0.2) is 9.36 Å². The quantitative estimate of drug-likeness (QED) is 0.0809. The van der Waals surface area contributed by atoms with Gasteiger partial charge in [-0.1, -0.05) is 17.3 Å². The van der Waals surface area contributed by atoms with Gasteiger partial charge in [-0.3, -0.25) is 0 Å². The maximum Gasteiger partial charge on any atom is 0.573 e. The highest BCUT2D eigenvalue weighted by atomic mass is 19.4. The molecule has 4 bridgehead atoms. The number of anilines is 1. The maximum absolute atomic E-state index is 12.6. The van der Waals surface area contributed by atoms with Crippen molar-refractivity contribution in [2.75, 3.05) is 31.1 Å². The van der Waals surface area contributed by atoms with E-state index in [4.69, 9.17) is 14.0 Å². The van der Waals surface area contributed by atoms with Crippen molar-refractivity contribution in [2.45, 2.75) is 98.0 Å². The van der Waals surface area contributed by atoms with E-state index in [0.29, 0.717) is 71.8 Å². The van der Waals surface area contributed by atoms with Crippen LogP contribution in [0.1, 0.15) is 82.9 Å². The minimum absolute atomic E-state index is 0.0389. The minimum atomic E-state index is -4.78. The van der Waals surface area contributed by atoms with E-state index in [9.17, 15) is 31.6 Å². The zero-order chi connectivity index (χ0) is 46.9. The Kier molecular flexibility index (Phi) is 13.3. The van der Waals surface area contributed by atoms with Gasteiger partial charge in [0.25, 0.3) is 0 Å². The predicted molar refractivity (Wildman–Crippen MR) is 222 cm³/mol. The van der Waals surface area contributed by atoms with Gasteiger partial charge in [0.1, 0.15) is 23.0 Å². The Morgan fingerprint density at radius 1 is 0.667 bits per heavy atom. The molecule has 2 saturated heterocycles. The van der Waals surface area contributed by atoms with Gasteiger partial charge < -0.3 is 33.3 Å². The lowest BCUT2D eigenvalue weighted by atomic mass is 9.82. The van der Waals surface area contributed by atoms with Gasteiger partial charge in [0, 0.05) is 51.2 Å². The second-order valence-corrected chi connectivity index (χ2v) is 17.9. The molecule has 0 radical (unpaired) electrons. The van der Waals surface area contributed by atoms with Crippen molar-refractivity contribution in [1.82, 2.24) is 44.6 Å². The Labute approximate surface area is 376 Å². The summed E-state index contributed by atoms with van der Waals surface area (Å²) in [6.07, 6.45) is -1.43. The Bertz CT molecular complexity index is 2450. The second-order valence-electron chi connectivity index (χ2n) is 17.9. The van der Waals surface area contributed by atoms with Crippen molar-refractivity contribution in [3.05, 3.63) is 66.0 Å². The number of alkyl halides is 6. The van der Waals surface area contributed by atoms with Gasteiger partial charge in [-0.2, -0.15) is 30.4 Å². The molecule has 5 heterocycles. The maximum atomic E-state index is 12.6. The Morgan fingerprint density at radius 3 is 1.47 bits per heavy atom. The number of nitrogens with zero attached hydrogens (tertiary/aromatic N) is 11. The molecule has 0 N–H and O–H groups in total. The molecule has 3 aromatic heterocycles. The second kappa shape index (κ2) is 18.9. The lowest BCUT2D eigenvalue weighted by Crippen LogP contribution is -2.43. The van der Waals surface area contributed by atoms with Crippen molar-refractivity contribution >= 4 is 6.01 Å². The third-order valence-electron chi connectivity index (χ3n) is 12.6. The fourth-order valence-electron chi connectivity index (χ4n) is 9.78. The standard InChI is InChI=1S/C23H27F3N6O3.C21H24F3N5O2/c1-13(2)32-22(33-17-5-4-6-18(9-17)34-23(24,25)26)28-20(29-32)10-19-15-7-8-16(19)12-31(11-15)21-27-14(3)30-35-21;1-13(2)29-20(30-16-4-3-5-17(8-16)31-21(22,23)24)26-19(27-29)9-18-14-6-7-15(18)11-28(10-14)12-25/h4-6,9,13,15-16,19H,7-8,10-12H2,1-3H3;3-5,8,13-15,18H,6-7,9-11H2,1-2H3/t15-,16+,19?;14-,15+,18?. The number of fused-ring (bicyclic) bond motifs is 4. The van der Waals surface area contributed by atoms with Crippen LogP contribution in [0.15, 0.2) is 53.1 Å². The average molecular weight is 928 g/mol. The molecule has 66 heavy (non-hydrogen) atoms. The highest BCUT2D eigenvalue weighted by molar-refractivity contribution is 5.36. The van der Waals surface area contributed by atoms with Gasteiger partial charge in [0.2, 0.25) is 0 Å². The number of rotatable bonds is 13. The summed E-state index contributed by atoms with van der Waals surface area (Å²) in [4.78, 5) is 17.5. The van der Waals surface area contributed by atoms with Crippen LogP contribution in [0.4, 0.5) is 32.4 Å². The van der Waals surface area contributed by atoms with Gasteiger partial charge >= 0.3 is 30.8 Å². The number of hydrogen-bond acceptors (Lipinski definition) is 14. The lowest BCUT2D eigenvalue weighted by Gasteiger charge is -2.36. The summed E-state index contributed by atoms with van der Waals surface area (Å²) in [6, 6.07) is 11.7. The number of benzene rings is 2. The number of nitriles is 1. The summed E-state index contributed by atoms with van der Waals surface area (Å²) in [5.41, 5.74) is 0. The molecule has 16 nitrogen and oxygen atoms in total. The molecular weight excluding hydrogens is 877 g/mol. The molecule has 22 heteroatoms. The smallest absolute Gasteiger partial charge is 0.424 e. The van der Waals surface area contributed by atoms with Crippen LogP contribution < -0.4 is 23.8 Å². The van der Waals surface area contributed by atoms with Gasteiger partial charge in [-0.15, -0.1) is 26.3 Å². The van der Waals surface area contributed by atoms with E-state index in [0.717, 1.165) is 51.9 Å². The Morgan fingerprint density at radius 2 is 1.09 bits per heavy atom. The molecule has 5 aromatic rings. The first-order valence-electron chi connectivity index (χ1n) is 22.0. The normalized spacial score (nSPS) is 22.6. The van der Waals surface area contributed by atoms with E-state index in [1.165, 1.54) is 36.4 Å². The topological polar surface area (TPSA) is 168 Å². The Hall–Kier alpha value is -6.27. The van der Waals surface area contributed by atoms with E-state index in [-0.39, 0.29) is 47.1 Å². The monoisotopic (exact) mass is 927 g/mol. The summed E-state index contributed by atoms with van der Waals surface area (Å²) in [5.74, 6) is 4.28. The van der Waals surface area contributed by atoms with Gasteiger partial charge in [0.05, 0.1) is 12.1 Å². The van der Waals surface area contributed by atoms with E-state index in [2.05, 4.69) is 50.9 Å². The number of likely N-dealkylation sites (tertiary alicyclic amines) is 1. The summed E-state index contributed by atoms with van der Waals surface area (Å²) >= 11 is 0. The molecule has 0 spiro atoms. The average Bonchev–Trinajstić information content (AvgIpc) is 4.04. The number of aromatic nitrogens is 8. The van der Waals surface area contributed by atoms with E-state index in [1.807, 2.05) is 39.5 Å². The van der Waals surface area contributed by atoms with Crippen molar-refractivity contribution in [3.8, 4) is 41.2 Å². The van der Waals surface area contributed by atoms with E-state index >= 15 is 0 Å². The molecule has 4 fully saturated rings. The molecule has 354 valence electrons. The van der Waals surface area contributed by atoms with Gasteiger partial charge in [0.15, 0.2) is 23.7 Å². The first kappa shape index (κ1) is 46.3. The Balaban J connectivity index is 0.000000181. The lowest BCUT2D eigenvalue weighted by molar-refractivity contribution is -0.275. The summed E-state index contributed by atoms with van der Waals surface area (Å²) in [6.45, 7) is 12.8. The number of piperidine rings is 2. The highest BCUT2D eigenvalue weighted by Gasteiger charge is 2.45. The summed E-state index contributed by atoms with van der Waals surface area (Å²) < 4.78 is 104. The minimum Gasteiger partial charge on any atom is -0.424 e. The van der Waals surface area contributed by atoms with Crippen LogP contribution in [0.3, 0.4) is 0 Å². The number of halogens is 6. The van der Waals surface area contributed by atoms with Crippen LogP contribution in [0.2, 0.25) is 0 Å². The largest absolute Gasteiger partial charge is 0.573 e. The van der Waals surface area contributed by atoms with E-state index in [1.54, 1.807) is 21.5 Å². The fourth-order valence-corrected chi connectivity index (χ4v) is 9.78. The van der Waals surface area contributed by atoms with Crippen molar-refractivity contribution in [3.63, 3.8) is 0 Å². The van der Waals surface area contributed by atoms with Crippen LogP contribution in [0.5, 0.6) is 35.0 Å². The third-order valence-corrected chi connectivity index (χ3v) is 12.6. The van der Waals surface area contributed by atoms with Crippen LogP contribution in [-0.2, 0) is 12.8 Å². The number of ether oxygens (including phenoxy) is 4. The number of aryl methyl sites for hydroxylation is 1. The first-order chi connectivity index (χ1) is 31.4. The zero-order valence-electron chi connectivity index (χ0n) is 37.0. The van der Waals surface area contributed by atoms with Crippen LogP contribution in [0, 0.1) is 53.9 Å². The summed E-state index contributed by atoms with van der Waals surface area (Å²) in [7, 11) is 0. The van der Waals surface area contributed by atoms with Gasteiger partial charge in [-0.05, 0) is 120 Å². The molecule has 6 atom stereocenters. The molecule has 2 aliphatic heterocycles. The highest BCUT2D eigenvalue weighted by Crippen LogP contribution is 2.45. The molecule has 2 aliphatic carbocycles. The molecule has 0 amide bonds. The fraction of sp³-hybridized carbons (Fsp3) is 0.568. The molecular formula is C44H51F6N11O5. The molecule has 9 rings (SSSR count). The molecule has 2 aromatic carbocycles.